The smallest absolute Gasteiger partial charge is 0.282 e. The minimum absolute atomic E-state index is 0.0823. The zero-order chi connectivity index (χ0) is 13.4. The topological polar surface area (TPSA) is 81.5 Å². The number of nitro groups is 1. The molecule has 1 aromatic carbocycles. The summed E-state index contributed by atoms with van der Waals surface area (Å²) < 4.78 is 5.12. The van der Waals surface area contributed by atoms with Crippen LogP contribution in [-0.4, -0.2) is 30.6 Å². The average Bonchev–Trinajstić information content (AvgIpc) is 2.38. The second kappa shape index (κ2) is 7.39. The normalized spacial score (nSPS) is 10.1. The summed E-state index contributed by atoms with van der Waals surface area (Å²) in [6.07, 6.45) is 0.681. The van der Waals surface area contributed by atoms with Crippen molar-refractivity contribution in [2.24, 2.45) is 0 Å². The first-order valence-electron chi connectivity index (χ1n) is 5.76. The van der Waals surface area contributed by atoms with Gasteiger partial charge in [0.15, 0.2) is 0 Å². The second-order valence-corrected chi connectivity index (χ2v) is 3.58. The highest BCUT2D eigenvalue weighted by Gasteiger charge is 2.18. The Morgan fingerprint density at radius 2 is 2.17 bits per heavy atom. The number of amides is 1. The summed E-state index contributed by atoms with van der Waals surface area (Å²) in [6, 6.07) is 5.89. The van der Waals surface area contributed by atoms with Crippen molar-refractivity contribution in [1.82, 2.24) is 5.32 Å². The van der Waals surface area contributed by atoms with Gasteiger partial charge in [-0.05, 0) is 19.4 Å². The molecule has 0 radical (unpaired) electrons. The van der Waals surface area contributed by atoms with Gasteiger partial charge in [-0.25, -0.2) is 0 Å². The molecule has 0 aliphatic heterocycles. The van der Waals surface area contributed by atoms with Gasteiger partial charge in [0.1, 0.15) is 5.56 Å². The van der Waals surface area contributed by atoms with Crippen molar-refractivity contribution < 1.29 is 14.5 Å². The molecule has 1 amide bonds. The van der Waals surface area contributed by atoms with Gasteiger partial charge in [-0.2, -0.15) is 0 Å². The highest BCUT2D eigenvalue weighted by atomic mass is 16.6. The van der Waals surface area contributed by atoms with Crippen molar-refractivity contribution in [3.05, 3.63) is 39.9 Å². The third-order valence-electron chi connectivity index (χ3n) is 2.30. The number of hydrogen-bond donors (Lipinski definition) is 1. The summed E-state index contributed by atoms with van der Waals surface area (Å²) in [5, 5.41) is 13.4. The van der Waals surface area contributed by atoms with E-state index in [1.807, 2.05) is 6.92 Å². The monoisotopic (exact) mass is 252 g/mol. The molecule has 0 heterocycles. The van der Waals surface area contributed by atoms with Crippen molar-refractivity contribution in [3.8, 4) is 0 Å². The molecule has 1 aromatic rings. The Bertz CT molecular complexity index is 420. The number of nitrogens with zero attached hydrogens (tertiary/aromatic N) is 1. The summed E-state index contributed by atoms with van der Waals surface area (Å²) in [5.41, 5.74) is -0.0984. The third-order valence-corrected chi connectivity index (χ3v) is 2.30. The van der Waals surface area contributed by atoms with Gasteiger partial charge in [-0.15, -0.1) is 0 Å². The van der Waals surface area contributed by atoms with Crippen LogP contribution in [-0.2, 0) is 4.74 Å². The van der Waals surface area contributed by atoms with Crippen LogP contribution in [0, 0.1) is 10.1 Å². The summed E-state index contributed by atoms with van der Waals surface area (Å²) >= 11 is 0. The first-order chi connectivity index (χ1) is 8.66. The maximum atomic E-state index is 11.7. The number of rotatable bonds is 7. The second-order valence-electron chi connectivity index (χ2n) is 3.58. The van der Waals surface area contributed by atoms with Crippen molar-refractivity contribution in [2.75, 3.05) is 19.8 Å². The molecule has 18 heavy (non-hydrogen) atoms. The molecule has 6 heteroatoms. The Labute approximate surface area is 105 Å². The molecule has 1 rings (SSSR count). The summed E-state index contributed by atoms with van der Waals surface area (Å²) in [4.78, 5) is 21.9. The van der Waals surface area contributed by atoms with Crippen molar-refractivity contribution >= 4 is 11.6 Å². The molecule has 1 N–H and O–H groups in total. The van der Waals surface area contributed by atoms with Gasteiger partial charge < -0.3 is 10.1 Å². The Balaban J connectivity index is 2.54. The Morgan fingerprint density at radius 3 is 2.83 bits per heavy atom. The lowest BCUT2D eigenvalue weighted by Crippen LogP contribution is -2.26. The molecule has 98 valence electrons. The standard InChI is InChI=1S/C12H16N2O4/c1-2-18-9-5-8-13-12(15)10-6-3-4-7-11(10)14(16)17/h3-4,6-7H,2,5,8-9H2,1H3,(H,13,15). The summed E-state index contributed by atoms with van der Waals surface area (Å²) in [6.45, 7) is 3.53. The van der Waals surface area contributed by atoms with Crippen molar-refractivity contribution in [3.63, 3.8) is 0 Å². The molecule has 0 spiro atoms. The van der Waals surface area contributed by atoms with E-state index in [2.05, 4.69) is 5.32 Å². The van der Waals surface area contributed by atoms with Gasteiger partial charge >= 0.3 is 0 Å². The third kappa shape index (κ3) is 4.14. The van der Waals surface area contributed by atoms with Gasteiger partial charge in [0.05, 0.1) is 4.92 Å². The van der Waals surface area contributed by atoms with Crippen LogP contribution in [0.2, 0.25) is 0 Å². The fourth-order valence-corrected chi connectivity index (χ4v) is 1.44. The van der Waals surface area contributed by atoms with Crippen LogP contribution in [0.4, 0.5) is 5.69 Å². The predicted octanol–water partition coefficient (Wildman–Crippen LogP) is 1.75. The fourth-order valence-electron chi connectivity index (χ4n) is 1.44. The van der Waals surface area contributed by atoms with E-state index in [0.29, 0.717) is 26.2 Å². The van der Waals surface area contributed by atoms with E-state index in [9.17, 15) is 14.9 Å². The van der Waals surface area contributed by atoms with Crippen LogP contribution in [0.25, 0.3) is 0 Å². The molecule has 0 saturated carbocycles. The lowest BCUT2D eigenvalue weighted by molar-refractivity contribution is -0.385. The number of carbonyl (C=O) groups excluding carboxylic acids is 1. The number of hydrogen-bond acceptors (Lipinski definition) is 4. The SMILES string of the molecule is CCOCCCNC(=O)c1ccccc1[N+](=O)[O-]. The number of carbonyl (C=O) groups is 1. The zero-order valence-corrected chi connectivity index (χ0v) is 10.2. The van der Waals surface area contributed by atoms with Crippen LogP contribution >= 0.6 is 0 Å². The van der Waals surface area contributed by atoms with E-state index in [1.165, 1.54) is 18.2 Å². The largest absolute Gasteiger partial charge is 0.382 e. The molecule has 0 atom stereocenters. The van der Waals surface area contributed by atoms with Crippen LogP contribution in [0.5, 0.6) is 0 Å². The number of benzene rings is 1. The Hall–Kier alpha value is -1.95. The lowest BCUT2D eigenvalue weighted by Gasteiger charge is -2.05. The van der Waals surface area contributed by atoms with Gasteiger partial charge in [0.2, 0.25) is 0 Å². The van der Waals surface area contributed by atoms with Crippen LogP contribution < -0.4 is 5.32 Å². The highest BCUT2D eigenvalue weighted by molar-refractivity contribution is 5.98. The number of nitro benzene ring substituents is 1. The molecule has 0 fully saturated rings. The quantitative estimate of drug-likeness (QED) is 0.455. The molecule has 0 saturated heterocycles. The van der Waals surface area contributed by atoms with Gasteiger partial charge in [-0.1, -0.05) is 12.1 Å². The molecule has 0 unspecified atom stereocenters. The van der Waals surface area contributed by atoms with Crippen molar-refractivity contribution in [2.45, 2.75) is 13.3 Å². The van der Waals surface area contributed by atoms with Gasteiger partial charge in [0, 0.05) is 25.8 Å². The maximum Gasteiger partial charge on any atom is 0.282 e. The van der Waals surface area contributed by atoms with Crippen LogP contribution in [0.1, 0.15) is 23.7 Å². The number of nitrogens with one attached hydrogen (secondary N) is 1. The van der Waals surface area contributed by atoms with Gasteiger partial charge in [-0.3, -0.25) is 14.9 Å². The average molecular weight is 252 g/mol. The van der Waals surface area contributed by atoms with E-state index in [0.717, 1.165) is 0 Å². The molecule has 0 aromatic heterocycles. The van der Waals surface area contributed by atoms with E-state index in [4.69, 9.17) is 4.74 Å². The molecule has 0 aliphatic rings. The Kier molecular flexibility index (Phi) is 5.79. The van der Waals surface area contributed by atoms with Crippen LogP contribution in [0.3, 0.4) is 0 Å². The maximum absolute atomic E-state index is 11.7. The zero-order valence-electron chi connectivity index (χ0n) is 10.2. The summed E-state index contributed by atoms with van der Waals surface area (Å²) in [7, 11) is 0. The van der Waals surface area contributed by atoms with E-state index in [-0.39, 0.29) is 11.3 Å². The molecule has 0 bridgehead atoms. The minimum Gasteiger partial charge on any atom is -0.382 e. The first kappa shape index (κ1) is 14.1. The highest BCUT2D eigenvalue weighted by Crippen LogP contribution is 2.17. The van der Waals surface area contributed by atoms with Gasteiger partial charge in [0.25, 0.3) is 11.6 Å². The number of para-hydroxylation sites is 1. The lowest BCUT2D eigenvalue weighted by atomic mass is 10.1. The minimum atomic E-state index is -0.560. The van der Waals surface area contributed by atoms with Crippen LogP contribution in [0.15, 0.2) is 24.3 Å². The first-order valence-corrected chi connectivity index (χ1v) is 5.76. The van der Waals surface area contributed by atoms with Crippen molar-refractivity contribution in [1.29, 1.82) is 0 Å². The van der Waals surface area contributed by atoms with E-state index < -0.39 is 10.8 Å². The predicted molar refractivity (Wildman–Crippen MR) is 66.5 cm³/mol. The fraction of sp³-hybridized carbons (Fsp3) is 0.417. The molecular formula is C12H16N2O4. The van der Waals surface area contributed by atoms with E-state index >= 15 is 0 Å². The summed E-state index contributed by atoms with van der Waals surface area (Å²) in [5.74, 6) is -0.432. The Morgan fingerprint density at radius 1 is 1.44 bits per heavy atom. The molecular weight excluding hydrogens is 236 g/mol. The molecule has 6 nitrogen and oxygen atoms in total. The van der Waals surface area contributed by atoms with E-state index in [1.54, 1.807) is 6.07 Å². The number of ether oxygens (including phenoxy) is 1. The molecule has 0 aliphatic carbocycles.